The molecule has 0 saturated heterocycles. The number of carbonyl (C=O) groups is 1. The third kappa shape index (κ3) is 2.82. The van der Waals surface area contributed by atoms with E-state index in [-0.39, 0.29) is 23.2 Å². The Bertz CT molecular complexity index is 501. The highest BCUT2D eigenvalue weighted by Gasteiger charge is 2.25. The van der Waals surface area contributed by atoms with Crippen LogP contribution in [0, 0.1) is 11.3 Å². The average Bonchev–Trinajstić information content (AvgIpc) is 2.36. The van der Waals surface area contributed by atoms with Gasteiger partial charge in [-0.25, -0.2) is 18.6 Å². The summed E-state index contributed by atoms with van der Waals surface area (Å²) in [7, 11) is 0. The van der Waals surface area contributed by atoms with Crippen LogP contribution < -0.4 is 0 Å². The van der Waals surface area contributed by atoms with Crippen molar-refractivity contribution in [1.82, 2.24) is 4.98 Å². The topological polar surface area (TPSA) is 63.0 Å². The van der Waals surface area contributed by atoms with Crippen molar-refractivity contribution < 1.29 is 18.3 Å². The summed E-state index contributed by atoms with van der Waals surface area (Å²) in [6, 6.07) is 1.60. The summed E-state index contributed by atoms with van der Waals surface area (Å²) in [4.78, 5) is 15.2. The monoisotopic (exact) mass is 318 g/mol. The van der Waals surface area contributed by atoms with Crippen LogP contribution in [-0.4, -0.2) is 17.6 Å². The normalized spacial score (nSPS) is 10.2. The number of pyridine rings is 1. The second kappa shape index (κ2) is 6.40. The Morgan fingerprint density at radius 1 is 1.67 bits per heavy atom. The minimum Gasteiger partial charge on any atom is -0.461 e. The van der Waals surface area contributed by atoms with Crippen LogP contribution in [0.3, 0.4) is 0 Å². The highest BCUT2D eigenvalue weighted by molar-refractivity contribution is 9.08. The largest absolute Gasteiger partial charge is 0.461 e. The van der Waals surface area contributed by atoms with E-state index in [0.29, 0.717) is 0 Å². The van der Waals surface area contributed by atoms with E-state index >= 15 is 0 Å². The van der Waals surface area contributed by atoms with Gasteiger partial charge in [-0.15, -0.1) is 0 Å². The van der Waals surface area contributed by atoms with Crippen LogP contribution in [0.4, 0.5) is 8.78 Å². The number of alkyl halides is 3. The number of halogens is 3. The van der Waals surface area contributed by atoms with E-state index in [0.717, 1.165) is 6.20 Å². The van der Waals surface area contributed by atoms with E-state index in [9.17, 15) is 13.6 Å². The molecule has 0 amide bonds. The molecular weight excluding hydrogens is 310 g/mol. The molecule has 0 radical (unpaired) electrons. The Morgan fingerprint density at radius 2 is 2.33 bits per heavy atom. The first-order valence-electron chi connectivity index (χ1n) is 4.99. The molecule has 96 valence electrons. The number of nitriles is 1. The van der Waals surface area contributed by atoms with Crippen molar-refractivity contribution in [2.24, 2.45) is 0 Å². The number of carbonyl (C=O) groups excluding carboxylic acids is 1. The number of nitrogens with zero attached hydrogens (tertiary/aromatic N) is 2. The molecule has 0 aliphatic heterocycles. The molecule has 0 saturated carbocycles. The zero-order valence-corrected chi connectivity index (χ0v) is 11.0. The predicted octanol–water partition coefficient (Wildman–Crippen LogP) is 2.96. The van der Waals surface area contributed by atoms with Crippen molar-refractivity contribution >= 4 is 21.9 Å². The van der Waals surface area contributed by atoms with E-state index in [1.165, 1.54) is 0 Å². The van der Waals surface area contributed by atoms with E-state index in [1.807, 2.05) is 0 Å². The van der Waals surface area contributed by atoms with Gasteiger partial charge >= 0.3 is 5.97 Å². The maximum absolute atomic E-state index is 12.9. The fourth-order valence-corrected chi connectivity index (χ4v) is 1.83. The van der Waals surface area contributed by atoms with Crippen LogP contribution in [0.2, 0.25) is 0 Å². The Morgan fingerprint density at radius 3 is 2.78 bits per heavy atom. The lowest BCUT2D eigenvalue weighted by atomic mass is 10.0. The smallest absolute Gasteiger partial charge is 0.358 e. The standard InChI is InChI=1S/C11H9BrF2N2O2/c1-2-18-11(17)9-7(4-15)8(10(13)14)6(3-12)5-16-9/h5,10H,2-3H2,1H3. The van der Waals surface area contributed by atoms with E-state index in [2.05, 4.69) is 25.7 Å². The van der Waals surface area contributed by atoms with Gasteiger partial charge < -0.3 is 4.74 Å². The van der Waals surface area contributed by atoms with Gasteiger partial charge in [-0.1, -0.05) is 15.9 Å². The number of esters is 1. The first-order chi connectivity index (χ1) is 8.56. The first kappa shape index (κ1) is 14.5. The minimum atomic E-state index is -2.86. The van der Waals surface area contributed by atoms with Crippen molar-refractivity contribution in [2.75, 3.05) is 6.61 Å². The van der Waals surface area contributed by atoms with Crippen molar-refractivity contribution in [3.63, 3.8) is 0 Å². The lowest BCUT2D eigenvalue weighted by Crippen LogP contribution is -2.13. The highest BCUT2D eigenvalue weighted by atomic mass is 79.9. The molecule has 0 spiro atoms. The lowest BCUT2D eigenvalue weighted by molar-refractivity contribution is 0.0518. The number of hydrogen-bond donors (Lipinski definition) is 0. The quantitative estimate of drug-likeness (QED) is 0.632. The predicted molar refractivity (Wildman–Crippen MR) is 62.5 cm³/mol. The van der Waals surface area contributed by atoms with Crippen LogP contribution in [0.15, 0.2) is 6.20 Å². The van der Waals surface area contributed by atoms with E-state index in [1.54, 1.807) is 13.0 Å². The molecule has 0 atom stereocenters. The summed E-state index contributed by atoms with van der Waals surface area (Å²) in [5, 5.41) is 9.06. The maximum atomic E-state index is 12.9. The summed E-state index contributed by atoms with van der Waals surface area (Å²) in [6.45, 7) is 1.65. The Balaban J connectivity index is 3.44. The van der Waals surface area contributed by atoms with Gasteiger partial charge in [-0.05, 0) is 12.5 Å². The fourth-order valence-electron chi connectivity index (χ4n) is 1.39. The molecule has 1 heterocycles. The van der Waals surface area contributed by atoms with Crippen molar-refractivity contribution in [3.05, 3.63) is 28.6 Å². The number of hydrogen-bond acceptors (Lipinski definition) is 4. The highest BCUT2D eigenvalue weighted by Crippen LogP contribution is 2.29. The first-order valence-corrected chi connectivity index (χ1v) is 6.12. The van der Waals surface area contributed by atoms with Crippen molar-refractivity contribution in [1.29, 1.82) is 5.26 Å². The van der Waals surface area contributed by atoms with Gasteiger partial charge in [0.2, 0.25) is 0 Å². The van der Waals surface area contributed by atoms with Gasteiger partial charge in [0.05, 0.1) is 12.2 Å². The molecule has 0 N–H and O–H groups in total. The second-order valence-electron chi connectivity index (χ2n) is 3.19. The Labute approximate surface area is 111 Å². The van der Waals surface area contributed by atoms with Gasteiger partial charge in [0, 0.05) is 17.1 Å². The third-order valence-electron chi connectivity index (χ3n) is 2.14. The molecule has 1 rings (SSSR count). The number of rotatable bonds is 4. The molecular formula is C11H9BrF2N2O2. The van der Waals surface area contributed by atoms with Gasteiger partial charge in [0.1, 0.15) is 6.07 Å². The van der Waals surface area contributed by atoms with Gasteiger partial charge in [0.15, 0.2) is 5.69 Å². The minimum absolute atomic E-state index is 0.0790. The summed E-state index contributed by atoms with van der Waals surface area (Å²) >= 11 is 3.03. The summed E-state index contributed by atoms with van der Waals surface area (Å²) < 4.78 is 30.5. The fraction of sp³-hybridized carbons (Fsp3) is 0.364. The average molecular weight is 319 g/mol. The van der Waals surface area contributed by atoms with E-state index in [4.69, 9.17) is 5.26 Å². The Kier molecular flexibility index (Phi) is 5.16. The zero-order valence-electron chi connectivity index (χ0n) is 9.41. The van der Waals surface area contributed by atoms with Crippen LogP contribution in [0.25, 0.3) is 0 Å². The molecule has 0 unspecified atom stereocenters. The molecule has 0 aliphatic rings. The van der Waals surface area contributed by atoms with Crippen LogP contribution in [-0.2, 0) is 10.1 Å². The maximum Gasteiger partial charge on any atom is 0.358 e. The molecule has 0 aromatic carbocycles. The van der Waals surface area contributed by atoms with Crippen molar-refractivity contribution in [3.8, 4) is 6.07 Å². The molecule has 4 nitrogen and oxygen atoms in total. The van der Waals surface area contributed by atoms with Crippen LogP contribution in [0.1, 0.15) is 40.5 Å². The molecule has 1 aromatic heterocycles. The van der Waals surface area contributed by atoms with Crippen LogP contribution in [0.5, 0.6) is 0 Å². The molecule has 0 fully saturated rings. The molecule has 7 heteroatoms. The number of aromatic nitrogens is 1. The van der Waals surface area contributed by atoms with Crippen LogP contribution >= 0.6 is 15.9 Å². The van der Waals surface area contributed by atoms with Gasteiger partial charge in [0.25, 0.3) is 6.43 Å². The van der Waals surface area contributed by atoms with E-state index < -0.39 is 23.5 Å². The number of ether oxygens (including phenoxy) is 1. The summed E-state index contributed by atoms with van der Waals surface area (Å²) in [5.74, 6) is -0.878. The van der Waals surface area contributed by atoms with Gasteiger partial charge in [-0.3, -0.25) is 0 Å². The SMILES string of the molecule is CCOC(=O)c1ncc(CBr)c(C(F)F)c1C#N. The van der Waals surface area contributed by atoms with Crippen molar-refractivity contribution in [2.45, 2.75) is 18.7 Å². The molecule has 1 aromatic rings. The summed E-state index contributed by atoms with van der Waals surface area (Å²) in [5.41, 5.74) is -1.11. The second-order valence-corrected chi connectivity index (χ2v) is 3.75. The summed E-state index contributed by atoms with van der Waals surface area (Å²) in [6.07, 6.45) is -1.72. The molecule has 18 heavy (non-hydrogen) atoms. The zero-order chi connectivity index (χ0) is 13.7. The molecule has 0 bridgehead atoms. The molecule has 0 aliphatic carbocycles. The third-order valence-corrected chi connectivity index (χ3v) is 2.75. The lowest BCUT2D eigenvalue weighted by Gasteiger charge is -2.11. The Hall–Kier alpha value is -1.55. The van der Waals surface area contributed by atoms with Gasteiger partial charge in [-0.2, -0.15) is 5.26 Å².